The number of carbonyl (C=O) groups excluding carboxylic acids is 1. The number of rotatable bonds is 9. The molecule has 1 heterocycles. The number of carbonyl (C=O) groups is 1. The number of thioether (sulfide) groups is 1. The second kappa shape index (κ2) is 11.4. The van der Waals surface area contributed by atoms with Crippen LogP contribution in [0.1, 0.15) is 56.6 Å². The van der Waals surface area contributed by atoms with Crippen LogP contribution < -0.4 is 10.1 Å². The lowest BCUT2D eigenvalue weighted by molar-refractivity contribution is -0.118. The van der Waals surface area contributed by atoms with Crippen molar-refractivity contribution in [3.8, 4) is 17.1 Å². The van der Waals surface area contributed by atoms with E-state index < -0.39 is 0 Å². The smallest absolute Gasteiger partial charge is 0.230 e. The van der Waals surface area contributed by atoms with E-state index in [0.29, 0.717) is 18.3 Å². The molecule has 33 heavy (non-hydrogen) atoms. The molecule has 1 aromatic heterocycles. The number of benzene rings is 2. The second-order valence-electron chi connectivity index (χ2n) is 8.60. The molecule has 0 spiro atoms. The number of nitrogens with one attached hydrogen (secondary N) is 1. The summed E-state index contributed by atoms with van der Waals surface area (Å²) in [5.74, 6) is 2.30. The lowest BCUT2D eigenvalue weighted by Crippen LogP contribution is -2.29. The predicted octanol–water partition coefficient (Wildman–Crippen LogP) is 5.47. The SMILES string of the molecule is COc1ccc(-c2nnc(SCC(=O)NCC(C)c3ccccc3)n2C2CCCCC2)cc1. The fourth-order valence-corrected chi connectivity index (χ4v) is 5.16. The first-order valence-corrected chi connectivity index (χ1v) is 12.7. The monoisotopic (exact) mass is 464 g/mol. The van der Waals surface area contributed by atoms with Gasteiger partial charge >= 0.3 is 0 Å². The van der Waals surface area contributed by atoms with Gasteiger partial charge in [0.1, 0.15) is 5.75 Å². The number of hydrogen-bond donors (Lipinski definition) is 1. The highest BCUT2D eigenvalue weighted by atomic mass is 32.2. The maximum Gasteiger partial charge on any atom is 0.230 e. The van der Waals surface area contributed by atoms with Crippen LogP contribution in [0.2, 0.25) is 0 Å². The van der Waals surface area contributed by atoms with Crippen LogP contribution in [-0.4, -0.2) is 40.1 Å². The first kappa shape index (κ1) is 23.4. The van der Waals surface area contributed by atoms with E-state index in [1.54, 1.807) is 7.11 Å². The first-order chi connectivity index (χ1) is 16.2. The number of nitrogens with zero attached hydrogens (tertiary/aromatic N) is 3. The van der Waals surface area contributed by atoms with Gasteiger partial charge in [-0.05, 0) is 48.6 Å². The minimum atomic E-state index is 0.0203. The summed E-state index contributed by atoms with van der Waals surface area (Å²) < 4.78 is 7.55. The van der Waals surface area contributed by atoms with Gasteiger partial charge in [0.2, 0.25) is 5.91 Å². The van der Waals surface area contributed by atoms with Gasteiger partial charge in [-0.15, -0.1) is 10.2 Å². The van der Waals surface area contributed by atoms with E-state index in [2.05, 4.69) is 39.1 Å². The molecule has 6 nitrogen and oxygen atoms in total. The molecule has 1 amide bonds. The van der Waals surface area contributed by atoms with Crippen molar-refractivity contribution in [1.82, 2.24) is 20.1 Å². The Balaban J connectivity index is 1.44. The van der Waals surface area contributed by atoms with Crippen LogP contribution in [0, 0.1) is 0 Å². The van der Waals surface area contributed by atoms with E-state index >= 15 is 0 Å². The zero-order valence-corrected chi connectivity index (χ0v) is 20.2. The van der Waals surface area contributed by atoms with Gasteiger partial charge < -0.3 is 10.1 Å². The van der Waals surface area contributed by atoms with Crippen LogP contribution in [-0.2, 0) is 4.79 Å². The average Bonchev–Trinajstić information content (AvgIpc) is 3.31. The zero-order valence-electron chi connectivity index (χ0n) is 19.4. The van der Waals surface area contributed by atoms with Crippen molar-refractivity contribution < 1.29 is 9.53 Å². The summed E-state index contributed by atoms with van der Waals surface area (Å²) in [7, 11) is 1.67. The van der Waals surface area contributed by atoms with Crippen molar-refractivity contribution >= 4 is 17.7 Å². The Hall–Kier alpha value is -2.80. The molecule has 0 saturated heterocycles. The van der Waals surface area contributed by atoms with Gasteiger partial charge in [-0.3, -0.25) is 9.36 Å². The largest absolute Gasteiger partial charge is 0.497 e. The highest BCUT2D eigenvalue weighted by Gasteiger charge is 2.24. The van der Waals surface area contributed by atoms with Crippen LogP contribution in [0.5, 0.6) is 5.75 Å². The molecule has 3 aromatic rings. The quantitative estimate of drug-likeness (QED) is 0.425. The molecule has 0 bridgehead atoms. The molecule has 174 valence electrons. The van der Waals surface area contributed by atoms with Crippen LogP contribution in [0.15, 0.2) is 59.8 Å². The molecule has 4 rings (SSSR count). The summed E-state index contributed by atoms with van der Waals surface area (Å²) in [5, 5.41) is 12.9. The Kier molecular flexibility index (Phi) is 8.05. The fourth-order valence-electron chi connectivity index (χ4n) is 4.33. The first-order valence-electron chi connectivity index (χ1n) is 11.7. The number of methoxy groups -OCH3 is 1. The topological polar surface area (TPSA) is 69.0 Å². The summed E-state index contributed by atoms with van der Waals surface area (Å²) >= 11 is 1.47. The van der Waals surface area contributed by atoms with Gasteiger partial charge in [0.05, 0.1) is 12.9 Å². The van der Waals surface area contributed by atoms with Gasteiger partial charge in [-0.25, -0.2) is 0 Å². The van der Waals surface area contributed by atoms with Crippen molar-refractivity contribution in [2.24, 2.45) is 0 Å². The minimum absolute atomic E-state index is 0.0203. The van der Waals surface area contributed by atoms with E-state index in [-0.39, 0.29) is 11.8 Å². The van der Waals surface area contributed by atoms with Crippen LogP contribution in [0.25, 0.3) is 11.4 Å². The van der Waals surface area contributed by atoms with E-state index in [9.17, 15) is 4.79 Å². The van der Waals surface area contributed by atoms with Gasteiger partial charge in [-0.2, -0.15) is 0 Å². The molecular weight excluding hydrogens is 432 g/mol. The maximum atomic E-state index is 12.6. The molecule has 1 atom stereocenters. The zero-order chi connectivity index (χ0) is 23.0. The molecule has 1 fully saturated rings. The molecule has 0 radical (unpaired) electrons. The van der Waals surface area contributed by atoms with Crippen molar-refractivity contribution in [2.75, 3.05) is 19.4 Å². The molecule has 1 aliphatic carbocycles. The standard InChI is InChI=1S/C26H32N4O2S/c1-19(20-9-5-3-6-10-20)17-27-24(31)18-33-26-29-28-25(21-13-15-23(32-2)16-14-21)30(26)22-11-7-4-8-12-22/h3,5-6,9-10,13-16,19,22H,4,7-8,11-12,17-18H2,1-2H3,(H,27,31). The molecule has 0 aliphatic heterocycles. The van der Waals surface area contributed by atoms with Gasteiger partial charge in [0, 0.05) is 18.2 Å². The number of amides is 1. The molecule has 1 N–H and O–H groups in total. The van der Waals surface area contributed by atoms with Gasteiger partial charge in [0.25, 0.3) is 0 Å². The number of ether oxygens (including phenoxy) is 1. The summed E-state index contributed by atoms with van der Waals surface area (Å²) in [4.78, 5) is 12.6. The Morgan fingerprint density at radius 2 is 1.82 bits per heavy atom. The Morgan fingerprint density at radius 3 is 2.52 bits per heavy atom. The lowest BCUT2D eigenvalue weighted by Gasteiger charge is -2.25. The van der Waals surface area contributed by atoms with Crippen molar-refractivity contribution in [2.45, 2.75) is 56.1 Å². The summed E-state index contributed by atoms with van der Waals surface area (Å²) in [6, 6.07) is 18.6. The molecule has 1 saturated carbocycles. The Bertz CT molecular complexity index is 1030. The van der Waals surface area contributed by atoms with Crippen molar-refractivity contribution in [3.63, 3.8) is 0 Å². The van der Waals surface area contributed by atoms with E-state index in [0.717, 1.165) is 35.1 Å². The molecular formula is C26H32N4O2S. The van der Waals surface area contributed by atoms with Crippen LogP contribution in [0.4, 0.5) is 0 Å². The van der Waals surface area contributed by atoms with Crippen LogP contribution in [0.3, 0.4) is 0 Å². The second-order valence-corrected chi connectivity index (χ2v) is 9.54. The van der Waals surface area contributed by atoms with Gasteiger partial charge in [-0.1, -0.05) is 68.3 Å². The number of hydrogen-bond acceptors (Lipinski definition) is 5. The summed E-state index contributed by atoms with van der Waals surface area (Å²) in [5.41, 5.74) is 2.24. The minimum Gasteiger partial charge on any atom is -0.497 e. The van der Waals surface area contributed by atoms with E-state index in [1.165, 1.54) is 36.6 Å². The fraction of sp³-hybridized carbons (Fsp3) is 0.423. The molecule has 1 aliphatic rings. The Morgan fingerprint density at radius 1 is 1.09 bits per heavy atom. The van der Waals surface area contributed by atoms with Crippen molar-refractivity contribution in [3.05, 3.63) is 60.2 Å². The lowest BCUT2D eigenvalue weighted by atomic mass is 9.95. The Labute approximate surface area is 200 Å². The molecule has 2 aromatic carbocycles. The van der Waals surface area contributed by atoms with Crippen LogP contribution >= 0.6 is 11.8 Å². The molecule has 7 heteroatoms. The maximum absolute atomic E-state index is 12.6. The highest BCUT2D eigenvalue weighted by Crippen LogP contribution is 2.35. The third kappa shape index (κ3) is 5.96. The third-order valence-corrected chi connectivity index (χ3v) is 7.20. The highest BCUT2D eigenvalue weighted by molar-refractivity contribution is 7.99. The van der Waals surface area contributed by atoms with Crippen molar-refractivity contribution in [1.29, 1.82) is 0 Å². The average molecular weight is 465 g/mol. The normalized spacial score (nSPS) is 15.2. The third-order valence-electron chi connectivity index (χ3n) is 6.26. The number of aromatic nitrogens is 3. The predicted molar refractivity (Wildman–Crippen MR) is 133 cm³/mol. The van der Waals surface area contributed by atoms with Gasteiger partial charge in [0.15, 0.2) is 11.0 Å². The summed E-state index contributed by atoms with van der Waals surface area (Å²) in [6.07, 6.45) is 5.95. The molecule has 1 unspecified atom stereocenters. The summed E-state index contributed by atoms with van der Waals surface area (Å²) in [6.45, 7) is 2.75. The van der Waals surface area contributed by atoms with E-state index in [4.69, 9.17) is 4.74 Å². The van der Waals surface area contributed by atoms with E-state index in [1.807, 2.05) is 42.5 Å².